The Bertz CT molecular complexity index is 611. The van der Waals surface area contributed by atoms with Crippen LogP contribution in [-0.2, 0) is 19.5 Å². The third kappa shape index (κ3) is 2.97. The molecule has 2 aromatic rings. The molecular formula is C16H16BrNO2. The van der Waals surface area contributed by atoms with Gasteiger partial charge in [0.05, 0.1) is 6.61 Å². The Kier molecular flexibility index (Phi) is 3.94. The molecule has 0 bridgehead atoms. The summed E-state index contributed by atoms with van der Waals surface area (Å²) in [6, 6.07) is 11.5. The molecule has 1 heterocycles. The van der Waals surface area contributed by atoms with Crippen LogP contribution in [0, 0.1) is 0 Å². The van der Waals surface area contributed by atoms with E-state index in [2.05, 4.69) is 33.4 Å². The molecule has 0 unspecified atom stereocenters. The van der Waals surface area contributed by atoms with Gasteiger partial charge in [0.15, 0.2) is 0 Å². The van der Waals surface area contributed by atoms with E-state index in [1.807, 2.05) is 12.1 Å². The largest absolute Gasteiger partial charge is 0.508 e. The van der Waals surface area contributed by atoms with Crippen LogP contribution >= 0.6 is 15.9 Å². The lowest BCUT2D eigenvalue weighted by molar-refractivity contribution is 0.352. The topological polar surface area (TPSA) is 41.5 Å². The Morgan fingerprint density at radius 1 is 1.15 bits per heavy atom. The fraction of sp³-hybridized carbons (Fsp3) is 0.250. The van der Waals surface area contributed by atoms with Crippen LogP contribution in [0.15, 0.2) is 40.9 Å². The highest BCUT2D eigenvalue weighted by Gasteiger charge is 2.16. The average Bonchev–Trinajstić information content (AvgIpc) is 2.89. The fourth-order valence-corrected chi connectivity index (χ4v) is 2.99. The van der Waals surface area contributed by atoms with E-state index in [-0.39, 0.29) is 0 Å². The SMILES string of the molecule is Oc1ccc(CNCc2cc(Br)cc3c2OCC3)cc1. The molecule has 4 heteroatoms. The van der Waals surface area contributed by atoms with Crippen molar-refractivity contribution in [1.29, 1.82) is 0 Å². The molecule has 0 fully saturated rings. The van der Waals surface area contributed by atoms with Crippen molar-refractivity contribution in [2.45, 2.75) is 19.5 Å². The van der Waals surface area contributed by atoms with Crippen LogP contribution in [0.3, 0.4) is 0 Å². The van der Waals surface area contributed by atoms with Crippen molar-refractivity contribution in [1.82, 2.24) is 5.32 Å². The molecule has 104 valence electrons. The zero-order valence-corrected chi connectivity index (χ0v) is 12.6. The lowest BCUT2D eigenvalue weighted by Crippen LogP contribution is -2.13. The first-order valence-electron chi connectivity index (χ1n) is 6.65. The first-order valence-corrected chi connectivity index (χ1v) is 7.44. The van der Waals surface area contributed by atoms with Gasteiger partial charge in [0.1, 0.15) is 11.5 Å². The fourth-order valence-electron chi connectivity index (χ4n) is 2.43. The Hall–Kier alpha value is -1.52. The van der Waals surface area contributed by atoms with Gasteiger partial charge in [-0.05, 0) is 35.4 Å². The summed E-state index contributed by atoms with van der Waals surface area (Å²) < 4.78 is 6.81. The Balaban J connectivity index is 1.65. The third-order valence-corrected chi connectivity index (χ3v) is 3.86. The van der Waals surface area contributed by atoms with Crippen molar-refractivity contribution in [3.05, 3.63) is 57.6 Å². The minimum atomic E-state index is 0.298. The second-order valence-electron chi connectivity index (χ2n) is 4.92. The summed E-state index contributed by atoms with van der Waals surface area (Å²) in [5.41, 5.74) is 3.61. The second-order valence-corrected chi connectivity index (χ2v) is 5.84. The number of hydrogen-bond donors (Lipinski definition) is 2. The van der Waals surface area contributed by atoms with Crippen LogP contribution in [-0.4, -0.2) is 11.7 Å². The number of fused-ring (bicyclic) bond motifs is 1. The van der Waals surface area contributed by atoms with Gasteiger partial charge in [-0.1, -0.05) is 28.1 Å². The van der Waals surface area contributed by atoms with E-state index >= 15 is 0 Å². The standard InChI is InChI=1S/C16H16BrNO2/c17-14-7-12-5-6-20-16(12)13(8-14)10-18-9-11-1-3-15(19)4-2-11/h1-4,7-8,18-19H,5-6,9-10H2. The Morgan fingerprint density at radius 2 is 1.95 bits per heavy atom. The van der Waals surface area contributed by atoms with Crippen molar-refractivity contribution >= 4 is 15.9 Å². The van der Waals surface area contributed by atoms with Gasteiger partial charge in [-0.3, -0.25) is 0 Å². The molecule has 2 aromatic carbocycles. The van der Waals surface area contributed by atoms with Crippen molar-refractivity contribution < 1.29 is 9.84 Å². The summed E-state index contributed by atoms with van der Waals surface area (Å²) >= 11 is 3.55. The highest BCUT2D eigenvalue weighted by atomic mass is 79.9. The number of rotatable bonds is 4. The minimum Gasteiger partial charge on any atom is -0.508 e. The number of phenols is 1. The summed E-state index contributed by atoms with van der Waals surface area (Å²) in [5.74, 6) is 1.33. The van der Waals surface area contributed by atoms with E-state index in [0.717, 1.165) is 41.9 Å². The molecular weight excluding hydrogens is 318 g/mol. The third-order valence-electron chi connectivity index (χ3n) is 3.41. The maximum atomic E-state index is 9.25. The van der Waals surface area contributed by atoms with Crippen LogP contribution in [0.1, 0.15) is 16.7 Å². The van der Waals surface area contributed by atoms with E-state index in [1.165, 1.54) is 11.1 Å². The van der Waals surface area contributed by atoms with Crippen molar-refractivity contribution in [2.75, 3.05) is 6.61 Å². The predicted molar refractivity (Wildman–Crippen MR) is 82.0 cm³/mol. The first-order chi connectivity index (χ1) is 9.72. The van der Waals surface area contributed by atoms with Crippen LogP contribution in [0.5, 0.6) is 11.5 Å². The average molecular weight is 334 g/mol. The van der Waals surface area contributed by atoms with Gasteiger partial charge in [0.2, 0.25) is 0 Å². The van der Waals surface area contributed by atoms with Crippen molar-refractivity contribution in [3.63, 3.8) is 0 Å². The van der Waals surface area contributed by atoms with E-state index < -0.39 is 0 Å². The number of phenolic OH excluding ortho intramolecular Hbond substituents is 1. The molecule has 0 radical (unpaired) electrons. The van der Waals surface area contributed by atoms with Gasteiger partial charge in [0.25, 0.3) is 0 Å². The van der Waals surface area contributed by atoms with Crippen LogP contribution in [0.2, 0.25) is 0 Å². The van der Waals surface area contributed by atoms with E-state index in [1.54, 1.807) is 12.1 Å². The van der Waals surface area contributed by atoms with Gasteiger partial charge < -0.3 is 15.2 Å². The quantitative estimate of drug-likeness (QED) is 0.901. The maximum absolute atomic E-state index is 9.25. The number of ether oxygens (including phenoxy) is 1. The molecule has 0 aliphatic carbocycles. The number of benzene rings is 2. The molecule has 0 saturated carbocycles. The number of aromatic hydroxyl groups is 1. The number of nitrogens with one attached hydrogen (secondary N) is 1. The normalized spacial score (nSPS) is 13.1. The molecule has 0 atom stereocenters. The van der Waals surface area contributed by atoms with E-state index in [0.29, 0.717) is 5.75 Å². The lowest BCUT2D eigenvalue weighted by atomic mass is 10.1. The zero-order valence-electron chi connectivity index (χ0n) is 11.0. The maximum Gasteiger partial charge on any atom is 0.127 e. The summed E-state index contributed by atoms with van der Waals surface area (Å²) in [6.07, 6.45) is 0.986. The molecule has 0 saturated heterocycles. The van der Waals surface area contributed by atoms with E-state index in [9.17, 15) is 5.11 Å². The highest BCUT2D eigenvalue weighted by molar-refractivity contribution is 9.10. The molecule has 0 spiro atoms. The number of halogens is 1. The first kappa shape index (κ1) is 13.5. The van der Waals surface area contributed by atoms with Crippen molar-refractivity contribution in [2.24, 2.45) is 0 Å². The van der Waals surface area contributed by atoms with Crippen LogP contribution in [0.4, 0.5) is 0 Å². The molecule has 3 nitrogen and oxygen atoms in total. The minimum absolute atomic E-state index is 0.298. The van der Waals surface area contributed by atoms with Crippen molar-refractivity contribution in [3.8, 4) is 11.5 Å². The van der Waals surface area contributed by atoms with Gasteiger partial charge in [-0.15, -0.1) is 0 Å². The molecule has 2 N–H and O–H groups in total. The zero-order chi connectivity index (χ0) is 13.9. The molecule has 0 aromatic heterocycles. The highest BCUT2D eigenvalue weighted by Crippen LogP contribution is 2.32. The lowest BCUT2D eigenvalue weighted by Gasteiger charge is -2.10. The Labute approximate surface area is 126 Å². The molecule has 1 aliphatic rings. The summed E-state index contributed by atoms with van der Waals surface area (Å²) in [4.78, 5) is 0. The second kappa shape index (κ2) is 5.85. The monoisotopic (exact) mass is 333 g/mol. The van der Waals surface area contributed by atoms with Gasteiger partial charge >= 0.3 is 0 Å². The predicted octanol–water partition coefficient (Wildman–Crippen LogP) is 3.38. The smallest absolute Gasteiger partial charge is 0.127 e. The van der Waals surface area contributed by atoms with Crippen LogP contribution < -0.4 is 10.1 Å². The Morgan fingerprint density at radius 3 is 2.75 bits per heavy atom. The molecule has 20 heavy (non-hydrogen) atoms. The van der Waals surface area contributed by atoms with Gasteiger partial charge in [0, 0.05) is 29.5 Å². The summed E-state index contributed by atoms with van der Waals surface area (Å²) in [6.45, 7) is 2.31. The van der Waals surface area contributed by atoms with E-state index in [4.69, 9.17) is 4.74 Å². The van der Waals surface area contributed by atoms with Crippen LogP contribution in [0.25, 0.3) is 0 Å². The number of hydrogen-bond acceptors (Lipinski definition) is 3. The summed E-state index contributed by atoms with van der Waals surface area (Å²) in [7, 11) is 0. The molecule has 0 amide bonds. The molecule has 3 rings (SSSR count). The van der Waals surface area contributed by atoms with Gasteiger partial charge in [-0.2, -0.15) is 0 Å². The molecule has 1 aliphatic heterocycles. The summed E-state index contributed by atoms with van der Waals surface area (Å²) in [5, 5.41) is 12.7. The van der Waals surface area contributed by atoms with Gasteiger partial charge in [-0.25, -0.2) is 0 Å².